The summed E-state index contributed by atoms with van der Waals surface area (Å²) in [5.41, 5.74) is -0.860. The second-order valence-corrected chi connectivity index (χ2v) is 7.93. The number of carbonyl (C=O) groups is 1. The smallest absolute Gasteiger partial charge is 0.417 e. The summed E-state index contributed by atoms with van der Waals surface area (Å²) in [5.74, 6) is 0.732. The van der Waals surface area contributed by atoms with Gasteiger partial charge in [-0.3, -0.25) is 9.78 Å². The van der Waals surface area contributed by atoms with Gasteiger partial charge in [0.15, 0.2) is 0 Å². The predicted molar refractivity (Wildman–Crippen MR) is 102 cm³/mol. The van der Waals surface area contributed by atoms with Crippen molar-refractivity contribution >= 4 is 5.91 Å². The topological polar surface area (TPSA) is 75.0 Å². The van der Waals surface area contributed by atoms with Gasteiger partial charge in [-0.05, 0) is 67.9 Å². The van der Waals surface area contributed by atoms with E-state index >= 15 is 0 Å². The van der Waals surface area contributed by atoms with E-state index in [4.69, 9.17) is 10.00 Å². The van der Waals surface area contributed by atoms with Gasteiger partial charge in [-0.15, -0.1) is 0 Å². The lowest BCUT2D eigenvalue weighted by molar-refractivity contribution is -0.137. The van der Waals surface area contributed by atoms with E-state index in [-0.39, 0.29) is 23.8 Å². The van der Waals surface area contributed by atoms with E-state index in [9.17, 15) is 18.0 Å². The zero-order chi connectivity index (χ0) is 21.3. The van der Waals surface area contributed by atoms with Crippen LogP contribution in [0.4, 0.5) is 13.2 Å². The normalized spacial score (nSPS) is 25.4. The van der Waals surface area contributed by atoms with Crippen molar-refractivity contribution in [3.8, 4) is 11.8 Å². The Balaban J connectivity index is 1.34. The van der Waals surface area contributed by atoms with Gasteiger partial charge in [-0.25, -0.2) is 0 Å². The van der Waals surface area contributed by atoms with Crippen molar-refractivity contribution in [2.75, 3.05) is 0 Å². The van der Waals surface area contributed by atoms with Crippen molar-refractivity contribution in [2.24, 2.45) is 11.8 Å². The number of nitrogens with zero attached hydrogens (tertiary/aromatic N) is 2. The number of nitrogens with one attached hydrogen (secondary N) is 1. The molecule has 2 fully saturated rings. The van der Waals surface area contributed by atoms with Gasteiger partial charge >= 0.3 is 6.18 Å². The molecule has 5 nitrogen and oxygen atoms in total. The average Bonchev–Trinajstić information content (AvgIpc) is 3.25. The first-order valence-electron chi connectivity index (χ1n) is 9.82. The van der Waals surface area contributed by atoms with Crippen LogP contribution in [0, 0.1) is 23.2 Å². The van der Waals surface area contributed by atoms with Gasteiger partial charge in [0, 0.05) is 18.4 Å². The number of benzene rings is 1. The molecule has 0 bridgehead atoms. The molecule has 2 aliphatic carbocycles. The highest BCUT2D eigenvalue weighted by Crippen LogP contribution is 2.45. The molecule has 1 N–H and O–H groups in total. The fourth-order valence-electron chi connectivity index (χ4n) is 4.66. The number of alkyl halides is 3. The molecule has 1 aromatic heterocycles. The molecule has 1 amide bonds. The number of carbonyl (C=O) groups excluding carboxylic acids is 1. The highest BCUT2D eigenvalue weighted by molar-refractivity contribution is 5.94. The number of halogens is 3. The van der Waals surface area contributed by atoms with Crippen LogP contribution in [0.2, 0.25) is 0 Å². The third-order valence-electron chi connectivity index (χ3n) is 5.95. The van der Waals surface area contributed by atoms with Crippen molar-refractivity contribution < 1.29 is 22.7 Å². The van der Waals surface area contributed by atoms with E-state index in [1.807, 2.05) is 0 Å². The number of aromatic nitrogens is 1. The number of rotatable bonds is 4. The minimum atomic E-state index is -4.60. The van der Waals surface area contributed by atoms with Gasteiger partial charge < -0.3 is 10.1 Å². The number of amides is 1. The summed E-state index contributed by atoms with van der Waals surface area (Å²) in [5, 5.41) is 12.0. The highest BCUT2D eigenvalue weighted by atomic mass is 19.4. The van der Waals surface area contributed by atoms with Crippen molar-refractivity contribution in [3.05, 3.63) is 59.4 Å². The second-order valence-electron chi connectivity index (χ2n) is 7.93. The van der Waals surface area contributed by atoms with Gasteiger partial charge in [0.05, 0.1) is 28.9 Å². The van der Waals surface area contributed by atoms with Crippen LogP contribution in [0.15, 0.2) is 42.7 Å². The number of nitriles is 1. The van der Waals surface area contributed by atoms with Crippen molar-refractivity contribution in [1.29, 1.82) is 5.26 Å². The fourth-order valence-corrected chi connectivity index (χ4v) is 4.66. The SMILES string of the molecule is N#Cc1ccc(OC2CC3CC(NC(=O)c4cccnc4)CC3C2)cc1C(F)(F)F. The maximum atomic E-state index is 13.1. The quantitative estimate of drug-likeness (QED) is 0.806. The summed E-state index contributed by atoms with van der Waals surface area (Å²) in [6.45, 7) is 0. The molecule has 1 aromatic carbocycles. The molecule has 0 saturated heterocycles. The molecule has 2 aliphatic rings. The summed E-state index contributed by atoms with van der Waals surface area (Å²) in [6.07, 6.45) is 1.52. The van der Waals surface area contributed by atoms with Gasteiger partial charge in [0.1, 0.15) is 5.75 Å². The van der Waals surface area contributed by atoms with Crippen LogP contribution in [0.1, 0.15) is 47.2 Å². The van der Waals surface area contributed by atoms with E-state index in [1.165, 1.54) is 12.3 Å². The third kappa shape index (κ3) is 4.25. The predicted octanol–water partition coefficient (Wildman–Crippen LogP) is 4.34. The molecule has 30 heavy (non-hydrogen) atoms. The third-order valence-corrected chi connectivity index (χ3v) is 5.95. The summed E-state index contributed by atoms with van der Waals surface area (Å²) in [6, 6.07) is 8.56. The van der Waals surface area contributed by atoms with Gasteiger partial charge in [0.2, 0.25) is 0 Å². The highest BCUT2D eigenvalue weighted by Gasteiger charge is 2.43. The molecule has 0 aliphatic heterocycles. The first-order valence-corrected chi connectivity index (χ1v) is 9.82. The lowest BCUT2D eigenvalue weighted by atomic mass is 10.0. The Labute approximate surface area is 171 Å². The van der Waals surface area contributed by atoms with Crippen LogP contribution >= 0.6 is 0 Å². The largest absolute Gasteiger partial charge is 0.490 e. The Hall–Kier alpha value is -3.08. The van der Waals surface area contributed by atoms with Gasteiger partial charge in [-0.1, -0.05) is 0 Å². The number of fused-ring (bicyclic) bond motifs is 1. The zero-order valence-corrected chi connectivity index (χ0v) is 16.0. The Morgan fingerprint density at radius 2 is 1.90 bits per heavy atom. The molecule has 4 rings (SSSR count). The lowest BCUT2D eigenvalue weighted by Crippen LogP contribution is -2.33. The Bertz CT molecular complexity index is 958. The molecule has 2 saturated carbocycles. The molecule has 1 heterocycles. The van der Waals surface area contributed by atoms with Crippen molar-refractivity contribution in [1.82, 2.24) is 10.3 Å². The van der Waals surface area contributed by atoms with E-state index in [1.54, 1.807) is 24.4 Å². The molecular formula is C22H20F3N3O2. The number of ether oxygens (including phenoxy) is 1. The van der Waals surface area contributed by atoms with Crippen LogP contribution in [-0.2, 0) is 6.18 Å². The number of hydrogen-bond acceptors (Lipinski definition) is 4. The zero-order valence-electron chi connectivity index (χ0n) is 16.0. The molecular weight excluding hydrogens is 395 g/mol. The Kier molecular flexibility index (Phi) is 5.37. The summed E-state index contributed by atoms with van der Waals surface area (Å²) in [7, 11) is 0. The van der Waals surface area contributed by atoms with Crippen LogP contribution in [-0.4, -0.2) is 23.0 Å². The average molecular weight is 415 g/mol. The molecule has 0 radical (unpaired) electrons. The monoisotopic (exact) mass is 415 g/mol. The minimum absolute atomic E-state index is 0.0837. The Morgan fingerprint density at radius 1 is 1.17 bits per heavy atom. The lowest BCUT2D eigenvalue weighted by Gasteiger charge is -2.19. The minimum Gasteiger partial charge on any atom is -0.490 e. The fraction of sp³-hybridized carbons (Fsp3) is 0.409. The maximum Gasteiger partial charge on any atom is 0.417 e. The standard InChI is InChI=1S/C22H20F3N3O2/c23-22(24,25)20-10-18(4-3-13(20)11-26)30-19-8-15-6-17(7-16(15)9-19)28-21(29)14-2-1-5-27-12-14/h1-5,10,12,15-17,19H,6-9H2,(H,28,29). The van der Waals surface area contributed by atoms with Crippen LogP contribution in [0.25, 0.3) is 0 Å². The summed E-state index contributed by atoms with van der Waals surface area (Å²) in [4.78, 5) is 16.3. The summed E-state index contributed by atoms with van der Waals surface area (Å²) >= 11 is 0. The molecule has 0 spiro atoms. The Morgan fingerprint density at radius 3 is 2.50 bits per heavy atom. The molecule has 8 heteroatoms. The molecule has 2 aromatic rings. The van der Waals surface area contributed by atoms with Crippen molar-refractivity contribution in [3.63, 3.8) is 0 Å². The first-order chi connectivity index (χ1) is 14.3. The van der Waals surface area contributed by atoms with E-state index in [0.717, 1.165) is 37.8 Å². The van der Waals surface area contributed by atoms with Crippen LogP contribution in [0.5, 0.6) is 5.75 Å². The van der Waals surface area contributed by atoms with E-state index in [2.05, 4.69) is 10.3 Å². The van der Waals surface area contributed by atoms with Gasteiger partial charge in [0.25, 0.3) is 5.91 Å². The molecule has 2 unspecified atom stereocenters. The van der Waals surface area contributed by atoms with Crippen LogP contribution < -0.4 is 10.1 Å². The molecule has 2 atom stereocenters. The van der Waals surface area contributed by atoms with Gasteiger partial charge in [-0.2, -0.15) is 18.4 Å². The maximum absolute atomic E-state index is 13.1. The van der Waals surface area contributed by atoms with Crippen molar-refractivity contribution in [2.45, 2.75) is 44.0 Å². The summed E-state index contributed by atoms with van der Waals surface area (Å²) < 4.78 is 45.3. The van der Waals surface area contributed by atoms with Crippen LogP contribution in [0.3, 0.4) is 0 Å². The first kappa shape index (κ1) is 20.2. The molecule has 156 valence electrons. The second kappa shape index (κ2) is 7.98. The number of hydrogen-bond donors (Lipinski definition) is 1. The number of pyridine rings is 1. The van der Waals surface area contributed by atoms with E-state index < -0.39 is 17.3 Å². The van der Waals surface area contributed by atoms with E-state index in [0.29, 0.717) is 17.4 Å².